The maximum Gasteiger partial charge on any atom is 0.219 e. The van der Waals surface area contributed by atoms with Crippen LogP contribution in [0.15, 0.2) is 0 Å². The van der Waals surface area contributed by atoms with E-state index in [-0.39, 0.29) is 5.91 Å². The second-order valence-corrected chi connectivity index (χ2v) is 5.16. The maximum absolute atomic E-state index is 11.5. The SMILES string of the molecule is CNc1nc(C)nc(N2CCCN(C(C)=O)CC2)c1C. The highest BCUT2D eigenvalue weighted by molar-refractivity contribution is 5.73. The number of anilines is 2. The van der Waals surface area contributed by atoms with E-state index in [0.717, 1.165) is 55.6 Å². The molecule has 0 unspecified atom stereocenters. The molecule has 1 aromatic heterocycles. The average Bonchev–Trinajstić information content (AvgIpc) is 2.66. The van der Waals surface area contributed by atoms with Crippen LogP contribution >= 0.6 is 0 Å². The third-order valence-corrected chi connectivity index (χ3v) is 3.71. The van der Waals surface area contributed by atoms with Crippen molar-refractivity contribution in [2.24, 2.45) is 0 Å². The molecule has 1 N–H and O–H groups in total. The minimum Gasteiger partial charge on any atom is -0.373 e. The smallest absolute Gasteiger partial charge is 0.219 e. The van der Waals surface area contributed by atoms with Crippen LogP contribution in [0.25, 0.3) is 0 Å². The number of aryl methyl sites for hydroxylation is 1. The van der Waals surface area contributed by atoms with E-state index in [4.69, 9.17) is 0 Å². The Morgan fingerprint density at radius 1 is 1.15 bits per heavy atom. The number of aromatic nitrogens is 2. The zero-order chi connectivity index (χ0) is 14.7. The molecule has 1 aliphatic heterocycles. The van der Waals surface area contributed by atoms with Gasteiger partial charge in [0.25, 0.3) is 0 Å². The summed E-state index contributed by atoms with van der Waals surface area (Å²) in [7, 11) is 1.87. The lowest BCUT2D eigenvalue weighted by molar-refractivity contribution is -0.128. The minimum absolute atomic E-state index is 0.151. The molecule has 2 heterocycles. The van der Waals surface area contributed by atoms with Crippen LogP contribution in [0, 0.1) is 13.8 Å². The maximum atomic E-state index is 11.5. The van der Waals surface area contributed by atoms with Gasteiger partial charge in [-0.05, 0) is 20.3 Å². The second kappa shape index (κ2) is 6.07. The number of nitrogens with one attached hydrogen (secondary N) is 1. The molecule has 2 rings (SSSR count). The molecule has 0 bridgehead atoms. The third-order valence-electron chi connectivity index (χ3n) is 3.71. The topological polar surface area (TPSA) is 61.4 Å². The van der Waals surface area contributed by atoms with Crippen molar-refractivity contribution in [1.82, 2.24) is 14.9 Å². The number of carbonyl (C=O) groups excluding carboxylic acids is 1. The van der Waals surface area contributed by atoms with Crippen LogP contribution in [0.3, 0.4) is 0 Å². The van der Waals surface area contributed by atoms with Gasteiger partial charge in [0.05, 0.1) is 0 Å². The Morgan fingerprint density at radius 3 is 2.55 bits per heavy atom. The summed E-state index contributed by atoms with van der Waals surface area (Å²) in [6, 6.07) is 0. The Bertz CT molecular complexity index is 503. The molecule has 1 aromatic rings. The number of carbonyl (C=O) groups is 1. The fourth-order valence-electron chi connectivity index (χ4n) is 2.61. The zero-order valence-corrected chi connectivity index (χ0v) is 12.7. The summed E-state index contributed by atoms with van der Waals surface area (Å²) in [4.78, 5) is 24.6. The standard InChI is InChI=1S/C14H23N5O/c1-10-13(15-4)16-11(2)17-14(10)19-7-5-6-18(8-9-19)12(3)20/h5-9H2,1-4H3,(H,15,16,17). The van der Waals surface area contributed by atoms with Crippen molar-refractivity contribution in [1.29, 1.82) is 0 Å². The Hall–Kier alpha value is -1.85. The molecule has 1 amide bonds. The fourth-order valence-corrected chi connectivity index (χ4v) is 2.61. The highest BCUT2D eigenvalue weighted by Crippen LogP contribution is 2.24. The lowest BCUT2D eigenvalue weighted by Gasteiger charge is -2.24. The first-order valence-corrected chi connectivity index (χ1v) is 7.06. The van der Waals surface area contributed by atoms with Crippen molar-refractivity contribution in [3.63, 3.8) is 0 Å². The van der Waals surface area contributed by atoms with Crippen LogP contribution in [-0.2, 0) is 4.79 Å². The summed E-state index contributed by atoms with van der Waals surface area (Å²) < 4.78 is 0. The first kappa shape index (κ1) is 14.6. The number of amides is 1. The van der Waals surface area contributed by atoms with E-state index in [9.17, 15) is 4.79 Å². The average molecular weight is 277 g/mol. The van der Waals surface area contributed by atoms with Gasteiger partial charge in [0, 0.05) is 45.7 Å². The van der Waals surface area contributed by atoms with Crippen molar-refractivity contribution >= 4 is 17.5 Å². The molecule has 1 saturated heterocycles. The predicted molar refractivity (Wildman–Crippen MR) is 80.1 cm³/mol. The minimum atomic E-state index is 0.151. The Balaban J connectivity index is 2.23. The van der Waals surface area contributed by atoms with Crippen LogP contribution < -0.4 is 10.2 Å². The fraction of sp³-hybridized carbons (Fsp3) is 0.643. The van der Waals surface area contributed by atoms with Crippen LogP contribution in [-0.4, -0.2) is 54.0 Å². The van der Waals surface area contributed by atoms with Gasteiger partial charge in [-0.25, -0.2) is 9.97 Å². The second-order valence-electron chi connectivity index (χ2n) is 5.16. The van der Waals surface area contributed by atoms with Gasteiger partial charge >= 0.3 is 0 Å². The van der Waals surface area contributed by atoms with Crippen molar-refractivity contribution in [2.45, 2.75) is 27.2 Å². The molecule has 20 heavy (non-hydrogen) atoms. The summed E-state index contributed by atoms with van der Waals surface area (Å²) in [5, 5.41) is 3.12. The van der Waals surface area contributed by atoms with Gasteiger partial charge in [-0.15, -0.1) is 0 Å². The van der Waals surface area contributed by atoms with E-state index >= 15 is 0 Å². The van der Waals surface area contributed by atoms with E-state index in [1.54, 1.807) is 6.92 Å². The quantitative estimate of drug-likeness (QED) is 0.880. The molecule has 0 aliphatic carbocycles. The molecule has 1 aliphatic rings. The van der Waals surface area contributed by atoms with E-state index in [2.05, 4.69) is 20.2 Å². The number of hydrogen-bond acceptors (Lipinski definition) is 5. The molecule has 0 atom stereocenters. The highest BCUT2D eigenvalue weighted by atomic mass is 16.2. The largest absolute Gasteiger partial charge is 0.373 e. The molecule has 110 valence electrons. The number of rotatable bonds is 2. The molecule has 0 spiro atoms. The summed E-state index contributed by atoms with van der Waals surface area (Å²) in [5.41, 5.74) is 1.06. The first-order valence-electron chi connectivity index (χ1n) is 7.06. The molecule has 6 heteroatoms. The predicted octanol–water partition coefficient (Wildman–Crippen LogP) is 1.19. The Labute approximate surface area is 120 Å². The van der Waals surface area contributed by atoms with Gasteiger partial charge in [0.2, 0.25) is 5.91 Å². The molecule has 6 nitrogen and oxygen atoms in total. The third kappa shape index (κ3) is 3.00. The lowest BCUT2D eigenvalue weighted by Crippen LogP contribution is -2.34. The summed E-state index contributed by atoms with van der Waals surface area (Å²) in [6.07, 6.45) is 0.969. The van der Waals surface area contributed by atoms with Gasteiger partial charge in [0.1, 0.15) is 17.5 Å². The van der Waals surface area contributed by atoms with Gasteiger partial charge in [-0.2, -0.15) is 0 Å². The number of nitrogens with zero attached hydrogens (tertiary/aromatic N) is 4. The highest BCUT2D eigenvalue weighted by Gasteiger charge is 2.20. The van der Waals surface area contributed by atoms with E-state index in [0.29, 0.717) is 0 Å². The van der Waals surface area contributed by atoms with Crippen LogP contribution in [0.1, 0.15) is 24.7 Å². The molecule has 1 fully saturated rings. The van der Waals surface area contributed by atoms with Gasteiger partial charge < -0.3 is 15.1 Å². The molecule has 0 radical (unpaired) electrons. The Morgan fingerprint density at radius 2 is 1.90 bits per heavy atom. The summed E-state index contributed by atoms with van der Waals surface area (Å²) >= 11 is 0. The van der Waals surface area contributed by atoms with Crippen LogP contribution in [0.4, 0.5) is 11.6 Å². The first-order chi connectivity index (χ1) is 9.52. The molecule has 0 aromatic carbocycles. The van der Waals surface area contributed by atoms with Crippen LogP contribution in [0.5, 0.6) is 0 Å². The Kier molecular flexibility index (Phi) is 4.42. The normalized spacial score (nSPS) is 16.0. The van der Waals surface area contributed by atoms with E-state index < -0.39 is 0 Å². The molecule has 0 saturated carbocycles. The van der Waals surface area contributed by atoms with Crippen molar-refractivity contribution in [2.75, 3.05) is 43.4 Å². The molecular formula is C14H23N5O. The summed E-state index contributed by atoms with van der Waals surface area (Å²) in [6.45, 7) is 8.90. The van der Waals surface area contributed by atoms with E-state index in [1.807, 2.05) is 25.8 Å². The molecular weight excluding hydrogens is 254 g/mol. The van der Waals surface area contributed by atoms with Crippen LogP contribution in [0.2, 0.25) is 0 Å². The summed E-state index contributed by atoms with van der Waals surface area (Å²) in [5.74, 6) is 2.77. The van der Waals surface area contributed by atoms with Crippen molar-refractivity contribution in [3.05, 3.63) is 11.4 Å². The van der Waals surface area contributed by atoms with E-state index in [1.165, 1.54) is 0 Å². The van der Waals surface area contributed by atoms with Gasteiger partial charge in [-0.3, -0.25) is 4.79 Å². The van der Waals surface area contributed by atoms with Crippen molar-refractivity contribution < 1.29 is 4.79 Å². The van der Waals surface area contributed by atoms with Gasteiger partial charge in [-0.1, -0.05) is 0 Å². The van der Waals surface area contributed by atoms with Gasteiger partial charge in [0.15, 0.2) is 0 Å². The van der Waals surface area contributed by atoms with Crippen molar-refractivity contribution in [3.8, 4) is 0 Å². The lowest BCUT2D eigenvalue weighted by atomic mass is 10.2. The number of hydrogen-bond donors (Lipinski definition) is 1. The zero-order valence-electron chi connectivity index (χ0n) is 12.7. The monoisotopic (exact) mass is 277 g/mol.